The van der Waals surface area contributed by atoms with Crippen LogP contribution in [-0.2, 0) is 14.3 Å². The minimum absolute atomic E-state index is 0.194. The molecule has 1 aliphatic rings. The van der Waals surface area contributed by atoms with E-state index in [-0.39, 0.29) is 18.1 Å². The summed E-state index contributed by atoms with van der Waals surface area (Å²) in [6.45, 7) is 1.48. The highest BCUT2D eigenvalue weighted by Crippen LogP contribution is 2.32. The number of carbonyl (C=O) groups is 3. The molecule has 0 radical (unpaired) electrons. The van der Waals surface area contributed by atoms with Crippen LogP contribution in [0.4, 0.5) is 4.79 Å². The van der Waals surface area contributed by atoms with Gasteiger partial charge in [-0.25, -0.2) is 0 Å². The van der Waals surface area contributed by atoms with E-state index in [1.165, 1.54) is 0 Å². The molecule has 0 aliphatic carbocycles. The van der Waals surface area contributed by atoms with Gasteiger partial charge in [-0.2, -0.15) is 0 Å². The average Bonchev–Trinajstić information content (AvgIpc) is 3.16. The summed E-state index contributed by atoms with van der Waals surface area (Å²) < 4.78 is 6.67. The third-order valence-corrected chi connectivity index (χ3v) is 4.79. The molecule has 0 saturated carbocycles. The zero-order valence-electron chi connectivity index (χ0n) is 13.8. The number of esters is 1. The van der Waals surface area contributed by atoms with E-state index >= 15 is 0 Å². The Morgan fingerprint density at radius 2 is 1.96 bits per heavy atom. The molecule has 0 spiro atoms. The molecule has 134 valence electrons. The lowest BCUT2D eigenvalue weighted by molar-refractivity contribution is -0.145. The van der Waals surface area contributed by atoms with Crippen LogP contribution in [0, 0.1) is 0 Å². The zero-order chi connectivity index (χ0) is 18.7. The normalized spacial score (nSPS) is 15.8. The molecule has 2 heterocycles. The molecule has 0 atom stereocenters. The van der Waals surface area contributed by atoms with E-state index < -0.39 is 17.1 Å². The number of amides is 2. The van der Waals surface area contributed by atoms with Gasteiger partial charge >= 0.3 is 5.97 Å². The Labute approximate surface area is 159 Å². The van der Waals surface area contributed by atoms with Crippen molar-refractivity contribution in [2.75, 3.05) is 13.2 Å². The lowest BCUT2D eigenvalue weighted by Gasteiger charge is -2.11. The van der Waals surface area contributed by atoms with Crippen molar-refractivity contribution in [3.8, 4) is 5.69 Å². The summed E-state index contributed by atoms with van der Waals surface area (Å²) in [4.78, 5) is 37.2. The van der Waals surface area contributed by atoms with Gasteiger partial charge in [-0.1, -0.05) is 11.6 Å². The smallest absolute Gasteiger partial charge is 0.326 e. The lowest BCUT2D eigenvalue weighted by Crippen LogP contribution is -2.34. The van der Waals surface area contributed by atoms with Crippen LogP contribution in [0.2, 0.25) is 5.02 Å². The number of nitrogens with zero attached hydrogens (tertiary/aromatic N) is 2. The first-order valence-corrected chi connectivity index (χ1v) is 9.03. The van der Waals surface area contributed by atoms with E-state index in [0.717, 1.165) is 28.0 Å². The lowest BCUT2D eigenvalue weighted by atomic mass is 10.3. The van der Waals surface area contributed by atoms with Crippen LogP contribution in [0.15, 0.2) is 47.5 Å². The maximum atomic E-state index is 12.5. The van der Waals surface area contributed by atoms with Crippen LogP contribution >= 0.6 is 23.4 Å². The topological polar surface area (TPSA) is 68.6 Å². The van der Waals surface area contributed by atoms with Gasteiger partial charge in [0.1, 0.15) is 6.54 Å². The van der Waals surface area contributed by atoms with Crippen LogP contribution in [0.1, 0.15) is 12.6 Å². The number of ether oxygens (including phenoxy) is 1. The molecular formula is C18H15ClN2O4S. The molecule has 0 N–H and O–H groups in total. The molecule has 26 heavy (non-hydrogen) atoms. The third kappa shape index (κ3) is 3.84. The van der Waals surface area contributed by atoms with Crippen molar-refractivity contribution in [3.05, 3.63) is 58.2 Å². The Morgan fingerprint density at radius 1 is 1.23 bits per heavy atom. The molecule has 1 aromatic carbocycles. The summed E-state index contributed by atoms with van der Waals surface area (Å²) in [5.41, 5.74) is 1.60. The van der Waals surface area contributed by atoms with Crippen LogP contribution < -0.4 is 0 Å². The van der Waals surface area contributed by atoms with Crippen molar-refractivity contribution in [2.24, 2.45) is 0 Å². The van der Waals surface area contributed by atoms with Crippen molar-refractivity contribution in [1.82, 2.24) is 9.47 Å². The van der Waals surface area contributed by atoms with Crippen LogP contribution in [0.25, 0.3) is 11.8 Å². The van der Waals surface area contributed by atoms with Gasteiger partial charge in [-0.05, 0) is 61.2 Å². The van der Waals surface area contributed by atoms with Gasteiger partial charge in [0.05, 0.1) is 11.5 Å². The number of hydrogen-bond donors (Lipinski definition) is 0. The number of hydrogen-bond acceptors (Lipinski definition) is 5. The second-order valence-electron chi connectivity index (χ2n) is 5.35. The Hall–Kier alpha value is -2.51. The Kier molecular flexibility index (Phi) is 5.49. The second kappa shape index (κ2) is 7.80. The minimum atomic E-state index is -0.611. The molecule has 3 rings (SSSR count). The standard InChI is InChI=1S/C18H15ClN2O4S/c1-2-25-16(22)11-21-17(23)15(26-18(21)24)10-14-4-3-9-20(14)13-7-5-12(19)6-8-13/h3-10H,2,11H2,1H3. The largest absolute Gasteiger partial charge is 0.465 e. The minimum Gasteiger partial charge on any atom is -0.465 e. The van der Waals surface area contributed by atoms with Gasteiger partial charge < -0.3 is 9.30 Å². The molecule has 0 bridgehead atoms. The number of aromatic nitrogens is 1. The van der Waals surface area contributed by atoms with E-state index in [4.69, 9.17) is 16.3 Å². The molecule has 6 nitrogen and oxygen atoms in total. The Balaban J connectivity index is 1.84. The van der Waals surface area contributed by atoms with Crippen molar-refractivity contribution in [2.45, 2.75) is 6.92 Å². The number of benzene rings is 1. The first-order chi connectivity index (χ1) is 12.5. The van der Waals surface area contributed by atoms with Crippen LogP contribution in [0.5, 0.6) is 0 Å². The average molecular weight is 391 g/mol. The maximum absolute atomic E-state index is 12.5. The van der Waals surface area contributed by atoms with E-state index in [0.29, 0.717) is 5.02 Å². The van der Waals surface area contributed by atoms with Gasteiger partial charge in [0.2, 0.25) is 0 Å². The van der Waals surface area contributed by atoms with E-state index in [2.05, 4.69) is 0 Å². The Morgan fingerprint density at radius 3 is 2.65 bits per heavy atom. The summed E-state index contributed by atoms with van der Waals surface area (Å²) in [5, 5.41) is 0.140. The monoisotopic (exact) mass is 390 g/mol. The number of thioether (sulfide) groups is 1. The summed E-state index contributed by atoms with van der Waals surface area (Å²) in [5.74, 6) is -1.11. The Bertz CT molecular complexity index is 889. The van der Waals surface area contributed by atoms with Crippen molar-refractivity contribution >= 4 is 46.6 Å². The predicted octanol–water partition coefficient (Wildman–Crippen LogP) is 3.73. The molecule has 1 aromatic heterocycles. The quantitative estimate of drug-likeness (QED) is 0.574. The molecule has 0 unspecified atom stereocenters. The molecule has 1 saturated heterocycles. The predicted molar refractivity (Wildman–Crippen MR) is 100 cm³/mol. The second-order valence-corrected chi connectivity index (χ2v) is 6.78. The fourth-order valence-electron chi connectivity index (χ4n) is 2.45. The molecule has 8 heteroatoms. The first kappa shape index (κ1) is 18.3. The van der Waals surface area contributed by atoms with Gasteiger partial charge in [0.25, 0.3) is 11.1 Å². The van der Waals surface area contributed by atoms with Crippen LogP contribution in [0.3, 0.4) is 0 Å². The van der Waals surface area contributed by atoms with Crippen molar-refractivity contribution in [3.63, 3.8) is 0 Å². The summed E-state index contributed by atoms with van der Waals surface area (Å²) in [7, 11) is 0. The van der Waals surface area contributed by atoms with Crippen molar-refractivity contribution in [1.29, 1.82) is 0 Å². The van der Waals surface area contributed by atoms with E-state index in [1.807, 2.05) is 35.0 Å². The highest BCUT2D eigenvalue weighted by molar-refractivity contribution is 8.18. The van der Waals surface area contributed by atoms with Gasteiger partial charge in [0, 0.05) is 22.6 Å². The summed E-state index contributed by atoms with van der Waals surface area (Å²) in [6.07, 6.45) is 3.47. The molecule has 1 fully saturated rings. The fourth-order valence-corrected chi connectivity index (χ4v) is 3.40. The van der Waals surface area contributed by atoms with Crippen molar-refractivity contribution < 1.29 is 19.1 Å². The number of rotatable bonds is 5. The van der Waals surface area contributed by atoms with Gasteiger partial charge in [-0.15, -0.1) is 0 Å². The molecule has 2 amide bonds. The molecular weight excluding hydrogens is 376 g/mol. The number of halogens is 1. The maximum Gasteiger partial charge on any atom is 0.326 e. The number of imide groups is 1. The van der Waals surface area contributed by atoms with E-state index in [1.54, 1.807) is 25.1 Å². The van der Waals surface area contributed by atoms with Crippen LogP contribution in [-0.4, -0.2) is 39.7 Å². The summed E-state index contributed by atoms with van der Waals surface area (Å²) >= 11 is 6.72. The molecule has 1 aliphatic heterocycles. The fraction of sp³-hybridized carbons (Fsp3) is 0.167. The van der Waals surface area contributed by atoms with Gasteiger partial charge in [0.15, 0.2) is 0 Å². The molecule has 2 aromatic rings. The highest BCUT2D eigenvalue weighted by atomic mass is 35.5. The zero-order valence-corrected chi connectivity index (χ0v) is 15.4. The first-order valence-electron chi connectivity index (χ1n) is 7.84. The number of carbonyl (C=O) groups excluding carboxylic acids is 3. The van der Waals surface area contributed by atoms with Gasteiger partial charge in [-0.3, -0.25) is 19.3 Å². The SMILES string of the molecule is CCOC(=O)CN1C(=O)SC(=Cc2cccn2-c2ccc(Cl)cc2)C1=O. The highest BCUT2D eigenvalue weighted by Gasteiger charge is 2.36. The summed E-state index contributed by atoms with van der Waals surface area (Å²) in [6, 6.07) is 10.9. The third-order valence-electron chi connectivity index (χ3n) is 3.63. The van der Waals surface area contributed by atoms with E-state index in [9.17, 15) is 14.4 Å².